The molecule has 0 spiro atoms. The Morgan fingerprint density at radius 2 is 1.67 bits per heavy atom. The van der Waals surface area contributed by atoms with E-state index in [0.29, 0.717) is 35.8 Å². The van der Waals surface area contributed by atoms with Crippen molar-refractivity contribution < 1.29 is 23.1 Å². The van der Waals surface area contributed by atoms with Crippen molar-refractivity contribution in [2.75, 3.05) is 13.1 Å². The molecule has 2 aliphatic rings. The fourth-order valence-electron chi connectivity index (χ4n) is 6.46. The van der Waals surface area contributed by atoms with Gasteiger partial charge in [0.15, 0.2) is 5.01 Å². The standard InChI is InChI=1S/C33H43N3O5S2/c1-32(2,3)35-43(40,41)27-16-15-25(23-13-9-10-14-24(23)27)28-26(19-21-11-7-6-8-12-21)34-29(42-28)30(37)36-18-17-22(20-36)33(4,5)31(38)39/h9-10,13-16,21-22,35H,6-8,11-12,17-20H2,1-5H3,(H,38,39). The number of hydrogen-bond acceptors (Lipinski definition) is 6. The van der Waals surface area contributed by atoms with Crippen molar-refractivity contribution in [2.24, 2.45) is 17.3 Å². The molecule has 43 heavy (non-hydrogen) atoms. The number of carboxylic acids is 1. The predicted octanol–water partition coefficient (Wildman–Crippen LogP) is 6.74. The smallest absolute Gasteiger partial charge is 0.309 e. The Balaban J connectivity index is 1.56. The maximum absolute atomic E-state index is 13.8. The van der Waals surface area contributed by atoms with Gasteiger partial charge in [-0.05, 0) is 70.7 Å². The molecule has 2 aromatic carbocycles. The number of rotatable bonds is 8. The van der Waals surface area contributed by atoms with Crippen molar-refractivity contribution in [1.82, 2.24) is 14.6 Å². The number of carbonyl (C=O) groups excluding carboxylic acids is 1. The third kappa shape index (κ3) is 6.66. The summed E-state index contributed by atoms with van der Waals surface area (Å²) >= 11 is 1.37. The first-order valence-electron chi connectivity index (χ1n) is 15.3. The second-order valence-corrected chi connectivity index (χ2v) is 16.4. The van der Waals surface area contributed by atoms with Crippen LogP contribution in [0.5, 0.6) is 0 Å². The molecule has 1 unspecified atom stereocenters. The minimum absolute atomic E-state index is 0.129. The maximum Gasteiger partial charge on any atom is 0.309 e. The Hall–Kier alpha value is -2.82. The number of likely N-dealkylation sites (tertiary alicyclic amines) is 1. The molecule has 1 amide bonds. The van der Waals surface area contributed by atoms with Crippen molar-refractivity contribution in [3.05, 3.63) is 47.1 Å². The fourth-order valence-corrected chi connectivity index (χ4v) is 9.19. The summed E-state index contributed by atoms with van der Waals surface area (Å²) < 4.78 is 29.6. The Morgan fingerprint density at radius 3 is 2.33 bits per heavy atom. The highest BCUT2D eigenvalue weighted by Gasteiger charge is 2.42. The molecule has 8 nitrogen and oxygen atoms in total. The summed E-state index contributed by atoms with van der Waals surface area (Å²) in [5.41, 5.74) is 0.208. The first-order valence-corrected chi connectivity index (χ1v) is 17.6. The number of carboxylic acid groups (broad SMARTS) is 1. The Morgan fingerprint density at radius 1 is 1.00 bits per heavy atom. The van der Waals surface area contributed by atoms with Gasteiger partial charge in [0.2, 0.25) is 10.0 Å². The van der Waals surface area contributed by atoms with E-state index >= 15 is 0 Å². The van der Waals surface area contributed by atoms with E-state index in [4.69, 9.17) is 4.98 Å². The number of nitrogens with one attached hydrogen (secondary N) is 1. The van der Waals surface area contributed by atoms with Gasteiger partial charge in [-0.3, -0.25) is 9.59 Å². The first kappa shape index (κ1) is 31.6. The van der Waals surface area contributed by atoms with Gasteiger partial charge in [0.1, 0.15) is 0 Å². The molecule has 1 aromatic heterocycles. The van der Waals surface area contributed by atoms with Gasteiger partial charge in [-0.15, -0.1) is 11.3 Å². The average Bonchev–Trinajstić information content (AvgIpc) is 3.60. The van der Waals surface area contributed by atoms with Crippen LogP contribution in [-0.2, 0) is 21.2 Å². The van der Waals surface area contributed by atoms with Gasteiger partial charge in [-0.2, -0.15) is 0 Å². The minimum atomic E-state index is -3.78. The van der Waals surface area contributed by atoms with E-state index in [1.165, 1.54) is 30.6 Å². The molecular weight excluding hydrogens is 583 g/mol. The van der Waals surface area contributed by atoms with Crippen LogP contribution in [-0.4, -0.2) is 53.9 Å². The molecule has 2 heterocycles. The number of thiazole rings is 1. The molecule has 5 rings (SSSR count). The lowest BCUT2D eigenvalue weighted by Crippen LogP contribution is -2.40. The summed E-state index contributed by atoms with van der Waals surface area (Å²) in [5.74, 6) is -0.655. The molecule has 1 aliphatic carbocycles. The van der Waals surface area contributed by atoms with Crippen LogP contribution in [0.3, 0.4) is 0 Å². The monoisotopic (exact) mass is 625 g/mol. The molecule has 10 heteroatoms. The normalized spacial score (nSPS) is 18.8. The largest absolute Gasteiger partial charge is 0.481 e. The second-order valence-electron chi connectivity index (χ2n) is 13.8. The molecule has 232 valence electrons. The second kappa shape index (κ2) is 11.9. The molecule has 2 N–H and O–H groups in total. The number of amides is 1. The van der Waals surface area contributed by atoms with E-state index in [1.54, 1.807) is 24.8 Å². The van der Waals surface area contributed by atoms with Gasteiger partial charge in [0.05, 0.1) is 20.9 Å². The number of fused-ring (bicyclic) bond motifs is 1. The summed E-state index contributed by atoms with van der Waals surface area (Å²) in [7, 11) is -3.78. The molecule has 1 aliphatic heterocycles. The highest BCUT2D eigenvalue weighted by atomic mass is 32.2. The maximum atomic E-state index is 13.8. The quantitative estimate of drug-likeness (QED) is 0.287. The summed E-state index contributed by atoms with van der Waals surface area (Å²) in [5, 5.41) is 11.6. The lowest BCUT2D eigenvalue weighted by atomic mass is 9.78. The highest BCUT2D eigenvalue weighted by Crippen LogP contribution is 2.41. The number of carbonyl (C=O) groups is 2. The molecule has 2 fully saturated rings. The fraction of sp³-hybridized carbons (Fsp3) is 0.545. The number of aliphatic carboxylic acids is 1. The topological polar surface area (TPSA) is 117 Å². The number of aromatic nitrogens is 1. The van der Waals surface area contributed by atoms with E-state index < -0.39 is 26.9 Å². The molecular formula is C33H43N3O5S2. The van der Waals surface area contributed by atoms with E-state index in [9.17, 15) is 23.1 Å². The molecule has 1 saturated carbocycles. The van der Waals surface area contributed by atoms with E-state index in [2.05, 4.69) is 4.72 Å². The SMILES string of the molecule is CC(C)(C)NS(=O)(=O)c1ccc(-c2sc(C(=O)N3CCC(C(C)(C)C(=O)O)C3)nc2CC2CCCCC2)c2ccccc12. The molecule has 0 radical (unpaired) electrons. The summed E-state index contributed by atoms with van der Waals surface area (Å²) in [6.45, 7) is 9.80. The van der Waals surface area contributed by atoms with Crippen LogP contribution in [0.1, 0.15) is 88.6 Å². The summed E-state index contributed by atoms with van der Waals surface area (Å²) in [6, 6.07) is 11.0. The Labute approximate surface area is 259 Å². The predicted molar refractivity (Wildman–Crippen MR) is 171 cm³/mol. The van der Waals surface area contributed by atoms with Crippen LogP contribution >= 0.6 is 11.3 Å². The molecule has 0 bridgehead atoms. The highest BCUT2D eigenvalue weighted by molar-refractivity contribution is 7.89. The Kier molecular flexibility index (Phi) is 8.77. The summed E-state index contributed by atoms with van der Waals surface area (Å²) in [6.07, 6.45) is 7.32. The van der Waals surface area contributed by atoms with Gasteiger partial charge in [0.25, 0.3) is 5.91 Å². The number of sulfonamides is 1. The van der Waals surface area contributed by atoms with Crippen LogP contribution in [0.4, 0.5) is 0 Å². The van der Waals surface area contributed by atoms with Crippen molar-refractivity contribution in [3.63, 3.8) is 0 Å². The first-order chi connectivity index (χ1) is 20.2. The zero-order chi connectivity index (χ0) is 31.2. The van der Waals surface area contributed by atoms with Crippen LogP contribution in [0.15, 0.2) is 41.3 Å². The van der Waals surface area contributed by atoms with Gasteiger partial charge < -0.3 is 10.0 Å². The third-order valence-corrected chi connectivity index (χ3v) is 11.9. The van der Waals surface area contributed by atoms with Gasteiger partial charge in [-0.1, -0.05) is 62.4 Å². The summed E-state index contributed by atoms with van der Waals surface area (Å²) in [4.78, 5) is 33.5. The molecule has 3 aromatic rings. The zero-order valence-corrected chi connectivity index (χ0v) is 27.4. The van der Waals surface area contributed by atoms with Crippen LogP contribution in [0, 0.1) is 17.3 Å². The molecule has 1 atom stereocenters. The van der Waals surface area contributed by atoms with E-state index in [-0.39, 0.29) is 16.7 Å². The van der Waals surface area contributed by atoms with E-state index in [0.717, 1.165) is 40.8 Å². The number of benzene rings is 2. The van der Waals surface area contributed by atoms with Crippen LogP contribution < -0.4 is 4.72 Å². The van der Waals surface area contributed by atoms with Crippen molar-refractivity contribution in [2.45, 2.75) is 90.0 Å². The zero-order valence-electron chi connectivity index (χ0n) is 25.8. The Bertz CT molecular complexity index is 1630. The lowest BCUT2D eigenvalue weighted by Gasteiger charge is -2.26. The van der Waals surface area contributed by atoms with Gasteiger partial charge >= 0.3 is 5.97 Å². The van der Waals surface area contributed by atoms with Crippen molar-refractivity contribution >= 4 is 44.0 Å². The van der Waals surface area contributed by atoms with Gasteiger partial charge in [-0.25, -0.2) is 18.1 Å². The number of nitrogens with zero attached hydrogens (tertiary/aromatic N) is 2. The lowest BCUT2D eigenvalue weighted by molar-refractivity contribution is -0.149. The van der Waals surface area contributed by atoms with Crippen LogP contribution in [0.2, 0.25) is 0 Å². The minimum Gasteiger partial charge on any atom is -0.481 e. The van der Waals surface area contributed by atoms with Crippen molar-refractivity contribution in [3.8, 4) is 10.4 Å². The molecule has 1 saturated heterocycles. The van der Waals surface area contributed by atoms with Crippen LogP contribution in [0.25, 0.3) is 21.2 Å². The average molecular weight is 626 g/mol. The third-order valence-electron chi connectivity index (χ3n) is 8.99. The number of hydrogen-bond donors (Lipinski definition) is 2. The van der Waals surface area contributed by atoms with E-state index in [1.807, 2.05) is 51.1 Å². The van der Waals surface area contributed by atoms with Crippen molar-refractivity contribution in [1.29, 1.82) is 0 Å². The van der Waals surface area contributed by atoms with Gasteiger partial charge in [0, 0.05) is 29.6 Å².